The smallest absolute Gasteiger partial charge is 0.252 e. The van der Waals surface area contributed by atoms with E-state index in [4.69, 9.17) is 0 Å². The van der Waals surface area contributed by atoms with E-state index in [1.807, 2.05) is 0 Å². The quantitative estimate of drug-likeness (QED) is 0.137. The Morgan fingerprint density at radius 1 is 0.674 bits per heavy atom. The Morgan fingerprint density at radius 3 is 1.70 bits per heavy atom. The van der Waals surface area contributed by atoms with E-state index in [-0.39, 0.29) is 41.4 Å². The van der Waals surface area contributed by atoms with E-state index in [9.17, 15) is 38.5 Å². The molecule has 2 aliphatic heterocycles. The van der Waals surface area contributed by atoms with Gasteiger partial charge in [-0.1, -0.05) is 0 Å². The first-order chi connectivity index (χ1) is 22.2. The number of halogens is 2. The molecule has 2 aliphatic rings. The fourth-order valence-corrected chi connectivity index (χ4v) is 6.34. The summed E-state index contributed by atoms with van der Waals surface area (Å²) in [4.78, 5) is 41.5. The van der Waals surface area contributed by atoms with Crippen LogP contribution >= 0.6 is 0 Å². The summed E-state index contributed by atoms with van der Waals surface area (Å²) in [5.41, 5.74) is 5.19. The average molecular weight is 623 g/mol. The first kappa shape index (κ1) is 28.7. The Kier molecular flexibility index (Phi) is 6.78. The van der Waals surface area contributed by atoms with Gasteiger partial charge in [-0.05, 0) is 83.9 Å². The number of phenolic OH excluding ortho intramolecular Hbond substituents is 2. The van der Waals surface area contributed by atoms with Gasteiger partial charge in [-0.15, -0.1) is 0 Å². The lowest BCUT2D eigenvalue weighted by molar-refractivity contribution is 0.0952. The number of rotatable bonds is 4. The molecule has 46 heavy (non-hydrogen) atoms. The first-order valence-corrected chi connectivity index (χ1v) is 14.1. The number of aliphatic hydroxyl groups is 1. The zero-order valence-corrected chi connectivity index (χ0v) is 23.7. The fourth-order valence-electron chi connectivity index (χ4n) is 6.34. The van der Waals surface area contributed by atoms with Crippen LogP contribution in [0.2, 0.25) is 0 Å². The summed E-state index contributed by atoms with van der Waals surface area (Å²) in [5.74, 6) is -1.24. The molecule has 4 heterocycles. The van der Waals surface area contributed by atoms with Gasteiger partial charge in [-0.3, -0.25) is 14.4 Å². The Bertz CT molecular complexity index is 2240. The lowest BCUT2D eigenvalue weighted by Gasteiger charge is -2.13. The molecule has 0 radical (unpaired) electrons. The van der Waals surface area contributed by atoms with Crippen LogP contribution in [0.15, 0.2) is 72.8 Å². The summed E-state index contributed by atoms with van der Waals surface area (Å²) >= 11 is 0. The maximum Gasteiger partial charge on any atom is 0.252 e. The minimum Gasteiger partial charge on any atom is -0.508 e. The molecule has 230 valence electrons. The van der Waals surface area contributed by atoms with Gasteiger partial charge in [0.05, 0.1) is 24.4 Å². The van der Waals surface area contributed by atoms with Crippen molar-refractivity contribution in [3.8, 4) is 11.5 Å². The highest BCUT2D eigenvalue weighted by Gasteiger charge is 2.34. The molecule has 2 aromatic heterocycles. The van der Waals surface area contributed by atoms with Crippen molar-refractivity contribution in [1.82, 2.24) is 20.6 Å². The molecule has 0 saturated heterocycles. The second kappa shape index (κ2) is 10.9. The van der Waals surface area contributed by atoms with Crippen molar-refractivity contribution in [2.75, 3.05) is 0 Å². The third-order valence-corrected chi connectivity index (χ3v) is 8.30. The van der Waals surface area contributed by atoms with E-state index in [0.29, 0.717) is 61.8 Å². The van der Waals surface area contributed by atoms with Crippen molar-refractivity contribution >= 4 is 39.9 Å². The van der Waals surface area contributed by atoms with Gasteiger partial charge in [-0.25, -0.2) is 8.78 Å². The summed E-state index contributed by atoms with van der Waals surface area (Å²) in [6, 6.07) is 16.4. The van der Waals surface area contributed by atoms with Crippen LogP contribution < -0.4 is 10.6 Å². The molecular formula is C34H24F2N4O6. The highest BCUT2D eigenvalue weighted by atomic mass is 19.1. The number of carbonyl (C=O) groups excluding carboxylic acids is 3. The van der Waals surface area contributed by atoms with Gasteiger partial charge in [0.15, 0.2) is 6.29 Å². The summed E-state index contributed by atoms with van der Waals surface area (Å²) in [5, 5.41) is 36.1. The number of phenols is 2. The van der Waals surface area contributed by atoms with Crippen molar-refractivity contribution in [3.05, 3.63) is 129 Å². The molecule has 0 bridgehead atoms. The Hall–Kier alpha value is -6.01. The maximum absolute atomic E-state index is 13.4. The van der Waals surface area contributed by atoms with E-state index in [1.165, 1.54) is 54.6 Å². The van der Waals surface area contributed by atoms with Gasteiger partial charge in [-0.2, -0.15) is 0 Å². The normalized spacial score (nSPS) is 16.5. The Balaban J connectivity index is 0.000000147. The molecular weight excluding hydrogens is 598 g/mol. The third kappa shape index (κ3) is 4.63. The summed E-state index contributed by atoms with van der Waals surface area (Å²) in [7, 11) is 0. The van der Waals surface area contributed by atoms with Crippen LogP contribution in [0.5, 0.6) is 11.5 Å². The van der Waals surface area contributed by atoms with Crippen LogP contribution in [0.1, 0.15) is 71.2 Å². The lowest BCUT2D eigenvalue weighted by atomic mass is 9.95. The van der Waals surface area contributed by atoms with Crippen molar-refractivity contribution in [3.63, 3.8) is 0 Å². The maximum atomic E-state index is 13.4. The summed E-state index contributed by atoms with van der Waals surface area (Å²) < 4.78 is 26.8. The minimum absolute atomic E-state index is 0.0313. The molecule has 2 unspecified atom stereocenters. The van der Waals surface area contributed by atoms with E-state index in [0.717, 1.165) is 5.39 Å². The zero-order valence-electron chi connectivity index (χ0n) is 23.7. The second-order valence-electron chi connectivity index (χ2n) is 11.0. The number of nitrogens with one attached hydrogen (secondary N) is 4. The van der Waals surface area contributed by atoms with Crippen LogP contribution in [-0.4, -0.2) is 43.4 Å². The number of H-pyrrole nitrogens is 2. The SMILES string of the molecule is O=C1NC(c2c(CO)[nH]c3cc(F)ccc23)c2cc(O)ccc21.O=Cc1[nH]c2cc(F)ccc2c1C1NC(=O)c2ccc(O)cc21. The molecule has 10 nitrogen and oxygen atoms in total. The van der Waals surface area contributed by atoms with E-state index in [1.54, 1.807) is 18.2 Å². The largest absolute Gasteiger partial charge is 0.508 e. The molecule has 0 spiro atoms. The number of aromatic hydroxyl groups is 2. The van der Waals surface area contributed by atoms with Crippen molar-refractivity contribution < 1.29 is 38.5 Å². The van der Waals surface area contributed by atoms with Crippen molar-refractivity contribution in [1.29, 1.82) is 0 Å². The molecule has 8 rings (SSSR count). The fraction of sp³-hybridized carbons (Fsp3) is 0.0882. The van der Waals surface area contributed by atoms with Gasteiger partial charge >= 0.3 is 0 Å². The number of fused-ring (bicyclic) bond motifs is 4. The standard InChI is InChI=1S/C17H13FN2O3.C17H11FN2O3/c2*18-8-1-3-11-13(5-8)19-14(7-21)15(11)16-12-6-9(22)2-4-10(12)17(23)20-16/h1-6,16,19,21-22H,7H2,(H,20,23);1-7,16,19,22H,(H,20,23). The summed E-state index contributed by atoms with van der Waals surface area (Å²) in [6.45, 7) is -0.272. The number of amides is 2. The van der Waals surface area contributed by atoms with E-state index < -0.39 is 17.9 Å². The topological polar surface area (TPSA) is 168 Å². The van der Waals surface area contributed by atoms with Crippen LogP contribution in [-0.2, 0) is 6.61 Å². The number of aromatic nitrogens is 2. The molecule has 2 amide bonds. The molecule has 0 fully saturated rings. The predicted molar refractivity (Wildman–Crippen MR) is 163 cm³/mol. The van der Waals surface area contributed by atoms with E-state index in [2.05, 4.69) is 20.6 Å². The second-order valence-corrected chi connectivity index (χ2v) is 11.0. The molecule has 2 atom stereocenters. The minimum atomic E-state index is -0.580. The van der Waals surface area contributed by atoms with Gasteiger partial charge < -0.3 is 35.9 Å². The van der Waals surface area contributed by atoms with Gasteiger partial charge in [0.25, 0.3) is 11.8 Å². The molecule has 7 N–H and O–H groups in total. The monoisotopic (exact) mass is 622 g/mol. The highest BCUT2D eigenvalue weighted by molar-refractivity contribution is 6.03. The zero-order chi connectivity index (χ0) is 32.3. The molecule has 6 aromatic rings. The van der Waals surface area contributed by atoms with Crippen LogP contribution in [0, 0.1) is 11.6 Å². The number of aromatic amines is 2. The molecule has 4 aromatic carbocycles. The van der Waals surface area contributed by atoms with E-state index >= 15 is 0 Å². The molecule has 0 aliphatic carbocycles. The number of hydrogen-bond donors (Lipinski definition) is 7. The predicted octanol–water partition coefficient (Wildman–Crippen LogP) is 5.00. The van der Waals surface area contributed by atoms with Crippen molar-refractivity contribution in [2.45, 2.75) is 18.7 Å². The highest BCUT2D eigenvalue weighted by Crippen LogP contribution is 2.40. The van der Waals surface area contributed by atoms with Crippen molar-refractivity contribution in [2.24, 2.45) is 0 Å². The number of carbonyl (C=O) groups is 3. The lowest BCUT2D eigenvalue weighted by Crippen LogP contribution is -2.20. The van der Waals surface area contributed by atoms with Gasteiger partial charge in [0, 0.05) is 49.8 Å². The number of benzene rings is 4. The number of aldehydes is 1. The third-order valence-electron chi connectivity index (χ3n) is 8.30. The first-order valence-electron chi connectivity index (χ1n) is 14.1. The Morgan fingerprint density at radius 2 is 1.17 bits per heavy atom. The summed E-state index contributed by atoms with van der Waals surface area (Å²) in [6.07, 6.45) is 0.639. The van der Waals surface area contributed by atoms with Crippen LogP contribution in [0.25, 0.3) is 21.8 Å². The molecule has 12 heteroatoms. The van der Waals surface area contributed by atoms with Gasteiger partial charge in [0.1, 0.15) is 23.1 Å². The van der Waals surface area contributed by atoms with Gasteiger partial charge in [0.2, 0.25) is 0 Å². The van der Waals surface area contributed by atoms with Crippen LogP contribution in [0.4, 0.5) is 8.78 Å². The van der Waals surface area contributed by atoms with Crippen LogP contribution in [0.3, 0.4) is 0 Å². The average Bonchev–Trinajstić information content (AvgIpc) is 3.76. The Labute approximate surface area is 258 Å². The molecule has 0 saturated carbocycles. The number of aliphatic hydroxyl groups excluding tert-OH is 1. The number of hydrogen-bond acceptors (Lipinski definition) is 6.